The van der Waals surface area contributed by atoms with Crippen molar-refractivity contribution in [2.45, 2.75) is 69.3 Å². The third kappa shape index (κ3) is 8.46. The van der Waals surface area contributed by atoms with E-state index in [9.17, 15) is 50.5 Å². The Hall–Kier alpha value is -2.20. The molecule has 1 fully saturated rings. The third-order valence-corrected chi connectivity index (χ3v) is 8.02. The molecule has 3 N–H and O–H groups in total. The zero-order valence-electron chi connectivity index (χ0n) is 22.3. The normalized spacial score (nSPS) is 16.8. The summed E-state index contributed by atoms with van der Waals surface area (Å²) in [4.78, 5) is 31.1. The number of aromatic nitrogens is 1. The van der Waals surface area contributed by atoms with E-state index in [1.807, 2.05) is 0 Å². The van der Waals surface area contributed by atoms with Gasteiger partial charge in [0.25, 0.3) is 17.4 Å². The van der Waals surface area contributed by atoms with Gasteiger partial charge in [-0.2, -0.15) is 26.3 Å². The lowest BCUT2D eigenvalue weighted by Crippen LogP contribution is -2.58. The van der Waals surface area contributed by atoms with Gasteiger partial charge < -0.3 is 20.4 Å². The lowest BCUT2D eigenvalue weighted by molar-refractivity contribution is -0.351. The number of alkyl halides is 7. The summed E-state index contributed by atoms with van der Waals surface area (Å²) in [5.74, 6) is -1.55. The predicted octanol–water partition coefficient (Wildman–Crippen LogP) is 5.81. The van der Waals surface area contributed by atoms with E-state index in [1.54, 1.807) is 0 Å². The highest BCUT2D eigenvalue weighted by Gasteiger charge is 2.72. The highest BCUT2D eigenvalue weighted by Crippen LogP contribution is 2.51. The largest absolute Gasteiger partial charge is 0.430 e. The molecular formula is C25H28Cl2F7N3O4S. The van der Waals surface area contributed by atoms with Crippen molar-refractivity contribution in [2.24, 2.45) is 0 Å². The minimum atomic E-state index is -6.28. The molecule has 0 saturated carbocycles. The van der Waals surface area contributed by atoms with E-state index < -0.39 is 63.6 Å². The predicted molar refractivity (Wildman–Crippen MR) is 143 cm³/mol. The fraction of sp³-hybridized carbons (Fsp3) is 0.560. The summed E-state index contributed by atoms with van der Waals surface area (Å²) in [6.07, 6.45) is -13.5. The number of nitrogens with one attached hydrogen (secondary N) is 1. The fourth-order valence-electron chi connectivity index (χ4n) is 3.80. The van der Waals surface area contributed by atoms with Crippen LogP contribution in [0.15, 0.2) is 34.4 Å². The Balaban J connectivity index is 2.57. The van der Waals surface area contributed by atoms with Crippen LogP contribution in [0.3, 0.4) is 0 Å². The third-order valence-electron chi connectivity index (χ3n) is 6.11. The van der Waals surface area contributed by atoms with Crippen LogP contribution in [-0.4, -0.2) is 81.3 Å². The van der Waals surface area contributed by atoms with E-state index in [2.05, 4.69) is 16.9 Å². The van der Waals surface area contributed by atoms with E-state index in [0.717, 1.165) is 0 Å². The van der Waals surface area contributed by atoms with Crippen LogP contribution in [0.2, 0.25) is 0 Å². The maximum absolute atomic E-state index is 13.6. The Kier molecular flexibility index (Phi) is 11.7. The molecule has 0 atom stereocenters. The number of carbonyl (C=O) groups excluding carboxylic acids is 2. The molecule has 1 aliphatic rings. The first-order valence-corrected chi connectivity index (χ1v) is 13.9. The second-order valence-electron chi connectivity index (χ2n) is 9.99. The van der Waals surface area contributed by atoms with E-state index in [0.29, 0.717) is 17.4 Å². The number of nitrogens with zero attached hydrogens (tertiary/aromatic N) is 2. The van der Waals surface area contributed by atoms with Crippen molar-refractivity contribution in [3.05, 3.63) is 49.9 Å². The van der Waals surface area contributed by atoms with Crippen molar-refractivity contribution in [1.82, 2.24) is 15.2 Å². The van der Waals surface area contributed by atoms with Gasteiger partial charge in [-0.05, 0) is 33.1 Å². The number of amides is 2. The zero-order valence-corrected chi connectivity index (χ0v) is 24.6. The minimum absolute atomic E-state index is 0.000201. The van der Waals surface area contributed by atoms with Gasteiger partial charge in [0.1, 0.15) is 11.9 Å². The Morgan fingerprint density at radius 2 is 1.67 bits per heavy atom. The van der Waals surface area contributed by atoms with Crippen molar-refractivity contribution in [1.29, 1.82) is 0 Å². The van der Waals surface area contributed by atoms with E-state index in [-0.39, 0.29) is 60.6 Å². The van der Waals surface area contributed by atoms with E-state index >= 15 is 0 Å². The average Bonchev–Trinajstić information content (AvgIpc) is 3.28. The van der Waals surface area contributed by atoms with Crippen LogP contribution in [-0.2, 0) is 6.42 Å². The molecule has 0 bridgehead atoms. The Morgan fingerprint density at radius 1 is 1.12 bits per heavy atom. The van der Waals surface area contributed by atoms with Gasteiger partial charge in [-0.25, -0.2) is 9.37 Å². The number of piperidine rings is 1. The Bertz CT molecular complexity index is 1220. The summed E-state index contributed by atoms with van der Waals surface area (Å²) < 4.78 is 95.1. The molecule has 1 aliphatic heterocycles. The molecule has 0 aliphatic carbocycles. The van der Waals surface area contributed by atoms with Crippen LogP contribution in [0.25, 0.3) is 0 Å². The molecule has 2 heterocycles. The highest BCUT2D eigenvalue weighted by molar-refractivity contribution is 7.14. The highest BCUT2D eigenvalue weighted by atomic mass is 35.5. The molecule has 2 amide bonds. The zero-order chi connectivity index (χ0) is 32.3. The molecule has 0 radical (unpaired) electrons. The van der Waals surface area contributed by atoms with Crippen LogP contribution < -0.4 is 5.32 Å². The molecule has 0 spiro atoms. The van der Waals surface area contributed by atoms with Gasteiger partial charge in [-0.1, -0.05) is 41.9 Å². The molecule has 0 unspecified atom stereocenters. The topological polar surface area (TPSA) is 103 Å². The van der Waals surface area contributed by atoms with Crippen LogP contribution >= 0.6 is 34.5 Å². The van der Waals surface area contributed by atoms with Crippen molar-refractivity contribution in [3.8, 4) is 0 Å². The summed E-state index contributed by atoms with van der Waals surface area (Å²) in [6, 6.07) is 0. The molecule has 1 saturated heterocycles. The molecule has 1 aromatic heterocycles. The Morgan fingerprint density at radius 3 is 2.14 bits per heavy atom. The lowest BCUT2D eigenvalue weighted by Gasteiger charge is -2.34. The molecule has 7 nitrogen and oxygen atoms in total. The van der Waals surface area contributed by atoms with Gasteiger partial charge >= 0.3 is 12.4 Å². The van der Waals surface area contributed by atoms with Crippen LogP contribution in [0.1, 0.15) is 58.3 Å². The SMILES string of the molecule is C=C/C=C(\C(Cl)=C(\Cl)Cc1sc(C(=O)NCCC(C)(C)O)nc1C(=O)N1CCC(F)CC1)C(O)(C(F)(F)F)C(F)(F)F. The number of allylic oxidation sites excluding steroid dienone is 3. The van der Waals surface area contributed by atoms with E-state index in [1.165, 1.54) is 18.7 Å². The fourth-order valence-corrected chi connectivity index (χ4v) is 5.36. The maximum atomic E-state index is 13.6. The molecular weight excluding hydrogens is 642 g/mol. The summed E-state index contributed by atoms with van der Waals surface area (Å²) in [5.41, 5.74) is -8.80. The first-order valence-electron chi connectivity index (χ1n) is 12.3. The summed E-state index contributed by atoms with van der Waals surface area (Å²) in [6.45, 7) is 6.06. The number of likely N-dealkylation sites (tertiary alicyclic amines) is 1. The van der Waals surface area contributed by atoms with Gasteiger partial charge in [0.05, 0.1) is 10.6 Å². The van der Waals surface area contributed by atoms with Crippen LogP contribution in [0, 0.1) is 0 Å². The molecule has 17 heteroatoms. The summed E-state index contributed by atoms with van der Waals surface area (Å²) >= 11 is 12.6. The van der Waals surface area contributed by atoms with Gasteiger partial charge in [-0.15, -0.1) is 11.3 Å². The molecule has 0 aromatic carbocycles. The van der Waals surface area contributed by atoms with Gasteiger partial charge in [0, 0.05) is 41.5 Å². The number of thiazole rings is 1. The summed E-state index contributed by atoms with van der Waals surface area (Å²) in [5, 5.41) is 19.8. The second kappa shape index (κ2) is 13.6. The second-order valence-corrected chi connectivity index (χ2v) is 11.9. The van der Waals surface area contributed by atoms with Crippen molar-refractivity contribution in [3.63, 3.8) is 0 Å². The van der Waals surface area contributed by atoms with E-state index in [4.69, 9.17) is 23.2 Å². The standard InChI is InChI=1S/C25H28Cl2F7N3O4S/c1-4-5-14(23(41,24(29,30)31)25(32,33)34)17(27)15(26)12-16-18(21(39)37-10-6-13(28)7-11-37)36-20(42-16)19(38)35-9-8-22(2,3)40/h4-5,13,40-41H,1,6-12H2,2-3H3,(H,35,38)/b14-5+,17-15-. The lowest BCUT2D eigenvalue weighted by atomic mass is 9.90. The monoisotopic (exact) mass is 669 g/mol. The van der Waals surface area contributed by atoms with Crippen LogP contribution in [0.5, 0.6) is 0 Å². The minimum Gasteiger partial charge on any atom is -0.390 e. The van der Waals surface area contributed by atoms with Gasteiger partial charge in [0.15, 0.2) is 5.01 Å². The van der Waals surface area contributed by atoms with Gasteiger partial charge in [-0.3, -0.25) is 9.59 Å². The van der Waals surface area contributed by atoms with Crippen molar-refractivity contribution in [2.75, 3.05) is 19.6 Å². The van der Waals surface area contributed by atoms with Gasteiger partial charge in [0.2, 0.25) is 0 Å². The Labute approximate surface area is 250 Å². The first-order chi connectivity index (χ1) is 19.1. The molecule has 236 valence electrons. The molecule has 1 aromatic rings. The van der Waals surface area contributed by atoms with Crippen molar-refractivity contribution >= 4 is 46.4 Å². The summed E-state index contributed by atoms with van der Waals surface area (Å²) in [7, 11) is 0. The first kappa shape index (κ1) is 36.0. The average molecular weight is 670 g/mol. The number of hydrogen-bond donors (Lipinski definition) is 3. The number of halogens is 9. The smallest absolute Gasteiger partial charge is 0.390 e. The number of rotatable bonds is 10. The number of aliphatic hydroxyl groups is 2. The van der Waals surface area contributed by atoms with Crippen molar-refractivity contribution < 1.29 is 50.5 Å². The molecule has 42 heavy (non-hydrogen) atoms. The quantitative estimate of drug-likeness (QED) is 0.216. The maximum Gasteiger partial charge on any atom is 0.430 e. The van der Waals surface area contributed by atoms with Crippen LogP contribution in [0.4, 0.5) is 30.7 Å². The number of hydrogen-bond acceptors (Lipinski definition) is 6. The molecule has 2 rings (SSSR count). The number of carbonyl (C=O) groups is 2.